The molecule has 1 fully saturated rings. The van der Waals surface area contributed by atoms with Crippen molar-refractivity contribution >= 4 is 22.7 Å². The predicted molar refractivity (Wildman–Crippen MR) is 114 cm³/mol. The number of halogens is 1. The molecule has 30 heavy (non-hydrogen) atoms. The maximum Gasteiger partial charge on any atom is 0.273 e. The Balaban J connectivity index is 1.93. The minimum atomic E-state index is -0.805. The Labute approximate surface area is 176 Å². The maximum absolute atomic E-state index is 14.7. The number of carbonyl (C=O) groups is 2. The van der Waals surface area contributed by atoms with Gasteiger partial charge in [0.15, 0.2) is 5.69 Å². The van der Waals surface area contributed by atoms with Gasteiger partial charge < -0.3 is 16.4 Å². The van der Waals surface area contributed by atoms with Gasteiger partial charge in [-0.15, -0.1) is 0 Å². The smallest absolute Gasteiger partial charge is 0.273 e. The van der Waals surface area contributed by atoms with Crippen molar-refractivity contribution in [2.75, 3.05) is 6.67 Å². The van der Waals surface area contributed by atoms with Crippen molar-refractivity contribution in [3.8, 4) is 0 Å². The minimum Gasteiger partial charge on any atom is -0.342 e. The molecule has 1 unspecified atom stereocenters. The second-order valence-corrected chi connectivity index (χ2v) is 9.19. The average molecular weight is 418 g/mol. The molecule has 1 aliphatic rings. The third-order valence-corrected chi connectivity index (χ3v) is 5.77. The Bertz CT molecular complexity index is 912. The number of carbonyl (C=O) groups excluding carboxylic acids is 2. The Hall–Kier alpha value is -2.48. The van der Waals surface area contributed by atoms with Crippen LogP contribution in [0.2, 0.25) is 0 Å². The molecule has 1 aliphatic carbocycles. The lowest BCUT2D eigenvalue weighted by Gasteiger charge is -2.30. The van der Waals surface area contributed by atoms with E-state index >= 15 is 0 Å². The van der Waals surface area contributed by atoms with Gasteiger partial charge in [-0.05, 0) is 30.2 Å². The highest BCUT2D eigenvalue weighted by Gasteiger charge is 2.34. The van der Waals surface area contributed by atoms with Crippen LogP contribution in [0.4, 0.5) is 4.39 Å². The van der Waals surface area contributed by atoms with E-state index in [0.717, 1.165) is 12.8 Å². The van der Waals surface area contributed by atoms with E-state index in [9.17, 15) is 14.0 Å². The van der Waals surface area contributed by atoms with E-state index in [1.54, 1.807) is 16.8 Å². The molecule has 0 bridgehead atoms. The second-order valence-electron chi connectivity index (χ2n) is 9.19. The molecule has 1 aromatic heterocycles. The molecule has 2 amide bonds. The summed E-state index contributed by atoms with van der Waals surface area (Å²) in [6.45, 7) is 6.13. The van der Waals surface area contributed by atoms with Crippen LogP contribution >= 0.6 is 0 Å². The molecule has 0 radical (unpaired) electrons. The van der Waals surface area contributed by atoms with Crippen molar-refractivity contribution in [3.05, 3.63) is 29.7 Å². The van der Waals surface area contributed by atoms with Crippen LogP contribution < -0.4 is 16.4 Å². The highest BCUT2D eigenvalue weighted by molar-refractivity contribution is 6.06. The molecular weight excluding hydrogens is 385 g/mol. The normalized spacial score (nSPS) is 16.4. The highest BCUT2D eigenvalue weighted by atomic mass is 19.1. The van der Waals surface area contributed by atoms with Gasteiger partial charge in [0.1, 0.15) is 17.4 Å². The first-order valence-corrected chi connectivity index (χ1v) is 10.7. The van der Waals surface area contributed by atoms with Crippen molar-refractivity contribution in [3.63, 3.8) is 0 Å². The minimum absolute atomic E-state index is 0.0224. The number of fused-ring (bicyclic) bond motifs is 1. The van der Waals surface area contributed by atoms with Gasteiger partial charge in [0.2, 0.25) is 5.91 Å². The summed E-state index contributed by atoms with van der Waals surface area (Å²) in [5.74, 6) is -0.839. The van der Waals surface area contributed by atoms with E-state index in [0.29, 0.717) is 23.4 Å². The first kappa shape index (κ1) is 22.2. The summed E-state index contributed by atoms with van der Waals surface area (Å²) in [6.07, 6.45) is 5.75. The summed E-state index contributed by atoms with van der Waals surface area (Å²) < 4.78 is 16.3. The van der Waals surface area contributed by atoms with Gasteiger partial charge in [-0.3, -0.25) is 14.3 Å². The summed E-state index contributed by atoms with van der Waals surface area (Å²) in [6, 6.07) is 3.85. The van der Waals surface area contributed by atoms with E-state index in [1.807, 2.05) is 20.8 Å². The first-order chi connectivity index (χ1) is 14.2. The summed E-state index contributed by atoms with van der Waals surface area (Å²) in [7, 11) is 0. The van der Waals surface area contributed by atoms with Gasteiger partial charge in [0.25, 0.3) is 5.91 Å². The molecule has 7 nitrogen and oxygen atoms in total. The average Bonchev–Trinajstić information content (AvgIpc) is 3.06. The van der Waals surface area contributed by atoms with E-state index in [2.05, 4.69) is 15.7 Å². The molecule has 2 aromatic rings. The molecule has 1 saturated carbocycles. The van der Waals surface area contributed by atoms with Gasteiger partial charge in [0.05, 0.1) is 6.67 Å². The number of nitrogens with zero attached hydrogens (tertiary/aromatic N) is 2. The molecule has 1 atom stereocenters. The van der Waals surface area contributed by atoms with E-state index in [4.69, 9.17) is 5.73 Å². The van der Waals surface area contributed by atoms with E-state index < -0.39 is 23.2 Å². The fraction of sp³-hybridized carbons (Fsp3) is 0.591. The van der Waals surface area contributed by atoms with E-state index in [1.165, 1.54) is 25.3 Å². The summed E-state index contributed by atoms with van der Waals surface area (Å²) >= 11 is 0. The van der Waals surface area contributed by atoms with Crippen LogP contribution in [0.15, 0.2) is 18.2 Å². The number of nitrogens with two attached hydrogens (primary N) is 1. The van der Waals surface area contributed by atoms with Crippen molar-refractivity contribution in [2.45, 2.75) is 65.5 Å². The number of nitrogens with one attached hydrogen (secondary N) is 2. The van der Waals surface area contributed by atoms with Crippen LogP contribution in [-0.4, -0.2) is 34.3 Å². The fourth-order valence-corrected chi connectivity index (χ4v) is 4.18. The number of aromatic nitrogens is 2. The van der Waals surface area contributed by atoms with Gasteiger partial charge in [-0.1, -0.05) is 52.2 Å². The number of benzene rings is 1. The summed E-state index contributed by atoms with van der Waals surface area (Å²) in [5, 5.41) is 10.3. The zero-order chi connectivity index (χ0) is 21.9. The molecule has 1 heterocycles. The van der Waals surface area contributed by atoms with Crippen LogP contribution in [0, 0.1) is 17.2 Å². The van der Waals surface area contributed by atoms with Crippen molar-refractivity contribution < 1.29 is 14.0 Å². The van der Waals surface area contributed by atoms with Crippen molar-refractivity contribution in [1.29, 1.82) is 0 Å². The van der Waals surface area contributed by atoms with Crippen LogP contribution in [-0.2, 0) is 11.3 Å². The molecule has 1 aromatic carbocycles. The van der Waals surface area contributed by atoms with Crippen LogP contribution in [0.1, 0.15) is 63.4 Å². The standard InChI is InChI=1S/C22H32FN5O2/c1-22(2,3)19(21(30)25-13-24)26-20(29)17-15-10-7-11-16(23)18(15)28(27-17)12-14-8-5-4-6-9-14/h7,10-11,14,19H,4-6,8-9,12-13,24H2,1-3H3,(H,25,30)(H,26,29). The molecule has 0 spiro atoms. The Morgan fingerprint density at radius 1 is 1.27 bits per heavy atom. The molecule has 8 heteroatoms. The Morgan fingerprint density at radius 2 is 1.97 bits per heavy atom. The molecule has 0 aliphatic heterocycles. The first-order valence-electron chi connectivity index (χ1n) is 10.7. The predicted octanol–water partition coefficient (Wildman–Crippen LogP) is 2.93. The summed E-state index contributed by atoms with van der Waals surface area (Å²) in [4.78, 5) is 25.6. The zero-order valence-electron chi connectivity index (χ0n) is 18.0. The topological polar surface area (TPSA) is 102 Å². The number of hydrogen-bond donors (Lipinski definition) is 3. The zero-order valence-corrected chi connectivity index (χ0v) is 18.0. The molecular formula is C22H32FN5O2. The quantitative estimate of drug-likeness (QED) is 0.629. The Kier molecular flexibility index (Phi) is 6.75. The van der Waals surface area contributed by atoms with Gasteiger partial charge in [0, 0.05) is 11.9 Å². The van der Waals surface area contributed by atoms with Crippen LogP contribution in [0.5, 0.6) is 0 Å². The SMILES string of the molecule is CC(C)(C)C(NC(=O)c1nn(CC2CCCCC2)c2c(F)cccc12)C(=O)NCN. The Morgan fingerprint density at radius 3 is 2.60 bits per heavy atom. The fourth-order valence-electron chi connectivity index (χ4n) is 4.18. The molecule has 0 saturated heterocycles. The van der Waals surface area contributed by atoms with Gasteiger partial charge >= 0.3 is 0 Å². The van der Waals surface area contributed by atoms with Crippen LogP contribution in [0.3, 0.4) is 0 Å². The molecule has 164 valence electrons. The number of para-hydroxylation sites is 1. The second kappa shape index (κ2) is 9.12. The molecule has 3 rings (SSSR count). The lowest BCUT2D eigenvalue weighted by molar-refractivity contribution is -0.125. The van der Waals surface area contributed by atoms with Crippen molar-refractivity contribution in [1.82, 2.24) is 20.4 Å². The lowest BCUT2D eigenvalue weighted by atomic mass is 9.86. The maximum atomic E-state index is 14.7. The van der Waals surface area contributed by atoms with Gasteiger partial charge in [-0.2, -0.15) is 5.10 Å². The van der Waals surface area contributed by atoms with E-state index in [-0.39, 0.29) is 18.3 Å². The molecule has 4 N–H and O–H groups in total. The third-order valence-electron chi connectivity index (χ3n) is 5.77. The largest absolute Gasteiger partial charge is 0.342 e. The number of amides is 2. The highest BCUT2D eigenvalue weighted by Crippen LogP contribution is 2.28. The number of hydrogen-bond acceptors (Lipinski definition) is 4. The van der Waals surface area contributed by atoms with Crippen molar-refractivity contribution in [2.24, 2.45) is 17.1 Å². The number of rotatable bonds is 6. The third kappa shape index (κ3) is 4.80. The lowest BCUT2D eigenvalue weighted by Crippen LogP contribution is -2.54. The monoisotopic (exact) mass is 417 g/mol. The van der Waals surface area contributed by atoms with Gasteiger partial charge in [-0.25, -0.2) is 4.39 Å². The van der Waals surface area contributed by atoms with Crippen LogP contribution in [0.25, 0.3) is 10.9 Å². The summed E-state index contributed by atoms with van der Waals surface area (Å²) in [5.41, 5.74) is 5.37.